The number of anilines is 1. The highest BCUT2D eigenvalue weighted by atomic mass is 19.4. The van der Waals surface area contributed by atoms with Crippen molar-refractivity contribution in [3.63, 3.8) is 0 Å². The summed E-state index contributed by atoms with van der Waals surface area (Å²) >= 11 is 0. The van der Waals surface area contributed by atoms with Crippen LogP contribution >= 0.6 is 0 Å². The number of pyridine rings is 1. The van der Waals surface area contributed by atoms with Crippen LogP contribution in [0.1, 0.15) is 34.5 Å². The van der Waals surface area contributed by atoms with Crippen molar-refractivity contribution in [2.24, 2.45) is 11.7 Å². The summed E-state index contributed by atoms with van der Waals surface area (Å²) in [6, 6.07) is 5.10. The summed E-state index contributed by atoms with van der Waals surface area (Å²) in [7, 11) is 0. The molecule has 2 aromatic heterocycles. The van der Waals surface area contributed by atoms with E-state index in [1.807, 2.05) is 0 Å². The Labute approximate surface area is 207 Å². The number of nitrogens with two attached hydrogens (primary N) is 1. The fourth-order valence-corrected chi connectivity index (χ4v) is 3.87. The zero-order valence-corrected chi connectivity index (χ0v) is 19.2. The van der Waals surface area contributed by atoms with Crippen molar-refractivity contribution in [2.45, 2.75) is 25.6 Å². The predicted octanol–water partition coefficient (Wildman–Crippen LogP) is 3.79. The largest absolute Gasteiger partial charge is 0.417 e. The molecule has 0 unspecified atom stereocenters. The third-order valence-electron chi connectivity index (χ3n) is 5.93. The number of halogens is 5. The highest BCUT2D eigenvalue weighted by Crippen LogP contribution is 2.31. The second kappa shape index (κ2) is 10.4. The van der Waals surface area contributed by atoms with E-state index in [4.69, 9.17) is 5.73 Å². The smallest absolute Gasteiger partial charge is 0.369 e. The van der Waals surface area contributed by atoms with Crippen molar-refractivity contribution in [1.82, 2.24) is 19.9 Å². The highest BCUT2D eigenvalue weighted by molar-refractivity contribution is 5.93. The van der Waals surface area contributed by atoms with Crippen LogP contribution in [0.15, 0.2) is 42.7 Å². The van der Waals surface area contributed by atoms with Gasteiger partial charge >= 0.3 is 6.18 Å². The number of aromatic nitrogens is 3. The minimum Gasteiger partial charge on any atom is -0.369 e. The van der Waals surface area contributed by atoms with E-state index in [2.05, 4.69) is 20.3 Å². The first-order chi connectivity index (χ1) is 17.5. The minimum atomic E-state index is -4.66. The van der Waals surface area contributed by atoms with Gasteiger partial charge in [0.25, 0.3) is 5.91 Å². The van der Waals surface area contributed by atoms with Gasteiger partial charge in [0.05, 0.1) is 5.56 Å². The maximum absolute atomic E-state index is 14.1. The number of nitrogens with zero attached hydrogens (tertiary/aromatic N) is 4. The summed E-state index contributed by atoms with van der Waals surface area (Å²) in [5.74, 6) is -3.08. The van der Waals surface area contributed by atoms with Gasteiger partial charge in [0, 0.05) is 61.2 Å². The molecular weight excluding hydrogens is 499 g/mol. The molecule has 3 N–H and O–H groups in total. The number of primary amides is 1. The third-order valence-corrected chi connectivity index (χ3v) is 5.93. The van der Waals surface area contributed by atoms with E-state index < -0.39 is 35.2 Å². The van der Waals surface area contributed by atoms with E-state index in [0.29, 0.717) is 25.1 Å². The summed E-state index contributed by atoms with van der Waals surface area (Å²) in [5, 5.41) is 2.81. The Balaban J connectivity index is 1.66. The molecule has 13 heteroatoms. The maximum atomic E-state index is 14.1. The van der Waals surface area contributed by atoms with Crippen LogP contribution in [0.5, 0.6) is 0 Å². The molecule has 0 aliphatic carbocycles. The Hall–Kier alpha value is -4.16. The number of carbonyl (C=O) groups excluding carboxylic acids is 2. The fourth-order valence-electron chi connectivity index (χ4n) is 3.87. The predicted molar refractivity (Wildman–Crippen MR) is 122 cm³/mol. The van der Waals surface area contributed by atoms with Gasteiger partial charge in [-0.05, 0) is 25.0 Å². The molecule has 1 aliphatic heterocycles. The van der Waals surface area contributed by atoms with E-state index in [-0.39, 0.29) is 54.0 Å². The molecule has 0 saturated carbocycles. The lowest BCUT2D eigenvalue weighted by Crippen LogP contribution is -2.42. The molecule has 8 nitrogen and oxygen atoms in total. The van der Waals surface area contributed by atoms with Crippen molar-refractivity contribution in [3.05, 3.63) is 71.2 Å². The van der Waals surface area contributed by atoms with Crippen LogP contribution in [0.25, 0.3) is 11.4 Å². The summed E-state index contributed by atoms with van der Waals surface area (Å²) in [5.41, 5.74) is 4.20. The Morgan fingerprint density at radius 1 is 1.05 bits per heavy atom. The number of nitrogens with one attached hydrogen (secondary N) is 1. The Morgan fingerprint density at radius 2 is 1.78 bits per heavy atom. The Morgan fingerprint density at radius 3 is 2.43 bits per heavy atom. The minimum absolute atomic E-state index is 0.0292. The summed E-state index contributed by atoms with van der Waals surface area (Å²) in [6.07, 6.45) is -2.15. The van der Waals surface area contributed by atoms with Gasteiger partial charge < -0.3 is 16.0 Å². The molecule has 4 rings (SSSR count). The summed E-state index contributed by atoms with van der Waals surface area (Å²) < 4.78 is 67.0. The number of alkyl halides is 3. The SMILES string of the molecule is NC(=O)C1CCN(C(=O)c2cc(NCc3ccc(F)cc3F)nc(-c3cncc(C(F)(F)F)c3)n2)CC1. The zero-order chi connectivity index (χ0) is 26.7. The van der Waals surface area contributed by atoms with E-state index in [0.717, 1.165) is 18.3 Å². The molecule has 3 aromatic rings. The highest BCUT2D eigenvalue weighted by Gasteiger charge is 2.32. The number of carbonyl (C=O) groups is 2. The van der Waals surface area contributed by atoms with Crippen LogP contribution in [0.4, 0.5) is 27.8 Å². The lowest BCUT2D eigenvalue weighted by atomic mass is 9.96. The first-order valence-corrected chi connectivity index (χ1v) is 11.2. The average molecular weight is 520 g/mol. The number of hydrogen-bond acceptors (Lipinski definition) is 6. The van der Waals surface area contributed by atoms with Gasteiger partial charge in [-0.1, -0.05) is 6.07 Å². The van der Waals surface area contributed by atoms with Crippen molar-refractivity contribution in [1.29, 1.82) is 0 Å². The van der Waals surface area contributed by atoms with Crippen molar-refractivity contribution < 1.29 is 31.5 Å². The van der Waals surface area contributed by atoms with Gasteiger partial charge in [-0.15, -0.1) is 0 Å². The van der Waals surface area contributed by atoms with Gasteiger partial charge in [-0.2, -0.15) is 13.2 Å². The third kappa shape index (κ3) is 6.16. The molecule has 37 heavy (non-hydrogen) atoms. The summed E-state index contributed by atoms with van der Waals surface area (Å²) in [4.78, 5) is 38.1. The van der Waals surface area contributed by atoms with Crippen molar-refractivity contribution in [2.75, 3.05) is 18.4 Å². The quantitative estimate of drug-likeness (QED) is 0.478. The van der Waals surface area contributed by atoms with E-state index in [9.17, 15) is 31.5 Å². The molecule has 1 saturated heterocycles. The first-order valence-electron chi connectivity index (χ1n) is 11.2. The van der Waals surface area contributed by atoms with E-state index in [1.54, 1.807) is 0 Å². The molecule has 2 amide bonds. The van der Waals surface area contributed by atoms with Crippen LogP contribution < -0.4 is 11.1 Å². The maximum Gasteiger partial charge on any atom is 0.417 e. The molecule has 0 atom stereocenters. The van der Waals surface area contributed by atoms with Crippen LogP contribution in [0.3, 0.4) is 0 Å². The van der Waals surface area contributed by atoms with Gasteiger partial charge in [0.1, 0.15) is 23.1 Å². The van der Waals surface area contributed by atoms with Crippen molar-refractivity contribution in [3.8, 4) is 11.4 Å². The second-order valence-corrected chi connectivity index (χ2v) is 8.48. The zero-order valence-electron chi connectivity index (χ0n) is 19.2. The van der Waals surface area contributed by atoms with Gasteiger partial charge in [-0.25, -0.2) is 18.7 Å². The van der Waals surface area contributed by atoms with Crippen LogP contribution in [0, 0.1) is 17.6 Å². The lowest BCUT2D eigenvalue weighted by molar-refractivity contribution is -0.137. The van der Waals surface area contributed by atoms with Crippen LogP contribution in [-0.2, 0) is 17.5 Å². The Kier molecular flexibility index (Phi) is 7.32. The molecule has 194 valence electrons. The second-order valence-electron chi connectivity index (χ2n) is 8.48. The van der Waals surface area contributed by atoms with Gasteiger partial charge in [-0.3, -0.25) is 14.6 Å². The normalized spacial score (nSPS) is 14.5. The molecule has 1 fully saturated rings. The molecule has 0 spiro atoms. The van der Waals surface area contributed by atoms with Crippen LogP contribution in [-0.4, -0.2) is 44.8 Å². The Bertz CT molecular complexity index is 1330. The molecule has 1 aliphatic rings. The number of amides is 2. The lowest BCUT2D eigenvalue weighted by Gasteiger charge is -2.30. The van der Waals surface area contributed by atoms with E-state index >= 15 is 0 Å². The molecule has 0 bridgehead atoms. The van der Waals surface area contributed by atoms with Gasteiger partial charge in [0.2, 0.25) is 5.91 Å². The van der Waals surface area contributed by atoms with Crippen LogP contribution in [0.2, 0.25) is 0 Å². The number of likely N-dealkylation sites (tertiary alicyclic amines) is 1. The number of piperidine rings is 1. The topological polar surface area (TPSA) is 114 Å². The standard InChI is InChI=1S/C24H21F5N6O2/c25-17-2-1-14(18(26)8-17)11-32-20-9-19(23(37)35-5-3-13(4-6-35)21(30)36)33-22(34-20)15-7-16(12-31-10-15)24(27,28)29/h1-2,7-10,12-13H,3-6,11H2,(H2,30,36)(H,32,33,34). The molecule has 1 aromatic carbocycles. The average Bonchev–Trinajstić information content (AvgIpc) is 2.87. The first kappa shape index (κ1) is 25.9. The summed E-state index contributed by atoms with van der Waals surface area (Å²) in [6.45, 7) is 0.321. The molecule has 0 radical (unpaired) electrons. The molecular formula is C24H21F5N6O2. The van der Waals surface area contributed by atoms with Gasteiger partial charge in [0.15, 0.2) is 5.82 Å². The monoisotopic (exact) mass is 520 g/mol. The molecule has 3 heterocycles. The number of rotatable bonds is 6. The van der Waals surface area contributed by atoms with E-state index in [1.165, 1.54) is 17.0 Å². The number of benzene rings is 1. The fraction of sp³-hybridized carbons (Fsp3) is 0.292. The van der Waals surface area contributed by atoms with Crippen molar-refractivity contribution >= 4 is 17.6 Å². The number of hydrogen-bond donors (Lipinski definition) is 2.